The molecular weight excluding hydrogens is 276 g/mol. The first-order valence-corrected chi connectivity index (χ1v) is 8.46. The summed E-state index contributed by atoms with van der Waals surface area (Å²) in [6, 6.07) is 0. The molecule has 0 bridgehead atoms. The fraction of sp³-hybridized carbons (Fsp3) is 0.947. The van der Waals surface area contributed by atoms with Crippen LogP contribution in [-0.4, -0.2) is 30.2 Å². The third kappa shape index (κ3) is 6.78. The van der Waals surface area contributed by atoms with Crippen LogP contribution in [0.2, 0.25) is 0 Å². The van der Waals surface area contributed by atoms with E-state index in [2.05, 4.69) is 34.6 Å². The number of rotatable bonds is 9. The number of ketones is 1. The normalized spacial score (nSPS) is 14.3. The molecule has 0 saturated carbocycles. The molecule has 0 rings (SSSR count). The number of carbonyl (C=O) groups excluding carboxylic acids is 1. The van der Waals surface area contributed by atoms with Crippen molar-refractivity contribution in [2.75, 3.05) is 13.2 Å². The summed E-state index contributed by atoms with van der Waals surface area (Å²) in [6.07, 6.45) is 1.35. The van der Waals surface area contributed by atoms with Gasteiger partial charge in [-0.2, -0.15) is 0 Å². The molecule has 0 aromatic rings. The summed E-state index contributed by atoms with van der Waals surface area (Å²) >= 11 is 0. The van der Waals surface area contributed by atoms with Crippen molar-refractivity contribution >= 4 is 5.78 Å². The predicted molar refractivity (Wildman–Crippen MR) is 93.2 cm³/mol. The second-order valence-electron chi connectivity index (χ2n) is 9.12. The van der Waals surface area contributed by atoms with E-state index in [1.807, 2.05) is 34.6 Å². The summed E-state index contributed by atoms with van der Waals surface area (Å²) in [5.41, 5.74) is -1.03. The lowest BCUT2D eigenvalue weighted by molar-refractivity contribution is -0.152. The predicted octanol–water partition coefficient (Wildman–Crippen LogP) is 5.02. The molecule has 0 amide bonds. The summed E-state index contributed by atoms with van der Waals surface area (Å²) in [7, 11) is 0. The van der Waals surface area contributed by atoms with Crippen LogP contribution in [0.5, 0.6) is 0 Å². The Balaban J connectivity index is 4.52. The highest BCUT2D eigenvalue weighted by Crippen LogP contribution is 2.36. The molecule has 0 aromatic carbocycles. The molecule has 0 radical (unpaired) electrons. The topological polar surface area (TPSA) is 35.5 Å². The largest absolute Gasteiger partial charge is 0.375 e. The van der Waals surface area contributed by atoms with Gasteiger partial charge in [-0.1, -0.05) is 41.5 Å². The van der Waals surface area contributed by atoms with Crippen molar-refractivity contribution in [2.24, 2.45) is 10.8 Å². The van der Waals surface area contributed by atoms with Crippen molar-refractivity contribution in [3.8, 4) is 0 Å². The van der Waals surface area contributed by atoms with Crippen molar-refractivity contribution < 1.29 is 14.3 Å². The second kappa shape index (κ2) is 7.44. The maximum atomic E-state index is 12.1. The van der Waals surface area contributed by atoms with Gasteiger partial charge < -0.3 is 9.47 Å². The molecule has 0 unspecified atom stereocenters. The van der Waals surface area contributed by atoms with Crippen molar-refractivity contribution in [3.63, 3.8) is 0 Å². The Kier molecular flexibility index (Phi) is 7.30. The van der Waals surface area contributed by atoms with E-state index in [-0.39, 0.29) is 16.8 Å². The first-order chi connectivity index (χ1) is 9.65. The van der Waals surface area contributed by atoms with Crippen LogP contribution in [-0.2, 0) is 14.3 Å². The van der Waals surface area contributed by atoms with Gasteiger partial charge in [-0.3, -0.25) is 4.79 Å². The lowest BCUT2D eigenvalue weighted by atomic mass is 9.73. The maximum absolute atomic E-state index is 12.1. The number of hydrogen-bond donors (Lipinski definition) is 0. The van der Waals surface area contributed by atoms with Gasteiger partial charge >= 0.3 is 0 Å². The van der Waals surface area contributed by atoms with Crippen LogP contribution < -0.4 is 0 Å². The lowest BCUT2D eigenvalue weighted by Gasteiger charge is -2.41. The number of ether oxygens (including phenoxy) is 2. The first-order valence-electron chi connectivity index (χ1n) is 8.46. The summed E-state index contributed by atoms with van der Waals surface area (Å²) in [5, 5.41) is 0. The smallest absolute Gasteiger partial charge is 0.141 e. The molecule has 0 spiro atoms. The Morgan fingerprint density at radius 2 is 1.36 bits per heavy atom. The van der Waals surface area contributed by atoms with Crippen LogP contribution in [0.25, 0.3) is 0 Å². The fourth-order valence-corrected chi connectivity index (χ4v) is 1.99. The van der Waals surface area contributed by atoms with E-state index in [0.717, 1.165) is 13.0 Å². The molecule has 0 heterocycles. The highest BCUT2D eigenvalue weighted by Gasteiger charge is 2.43. The van der Waals surface area contributed by atoms with Crippen LogP contribution in [0.15, 0.2) is 0 Å². The molecule has 0 aliphatic heterocycles. The first kappa shape index (κ1) is 21.6. The van der Waals surface area contributed by atoms with E-state index < -0.39 is 11.0 Å². The molecule has 0 saturated heterocycles. The van der Waals surface area contributed by atoms with Crippen LogP contribution in [0.3, 0.4) is 0 Å². The molecular formula is C19H38O3. The van der Waals surface area contributed by atoms with Crippen molar-refractivity contribution in [3.05, 3.63) is 0 Å². The van der Waals surface area contributed by atoms with Crippen molar-refractivity contribution in [2.45, 2.75) is 93.3 Å². The zero-order valence-electron chi connectivity index (χ0n) is 16.6. The van der Waals surface area contributed by atoms with Gasteiger partial charge in [0.15, 0.2) is 0 Å². The van der Waals surface area contributed by atoms with Crippen LogP contribution in [0, 0.1) is 10.8 Å². The number of Topliss-reactive ketones (excluding diaryl/α,β-unsaturated/α-hetero) is 1. The Morgan fingerprint density at radius 3 is 1.77 bits per heavy atom. The highest BCUT2D eigenvalue weighted by atomic mass is 16.5. The van der Waals surface area contributed by atoms with Crippen LogP contribution >= 0.6 is 0 Å². The van der Waals surface area contributed by atoms with E-state index >= 15 is 0 Å². The minimum absolute atomic E-state index is 0.160. The van der Waals surface area contributed by atoms with Gasteiger partial charge in [0, 0.05) is 6.42 Å². The molecule has 0 aliphatic carbocycles. The van der Waals surface area contributed by atoms with Gasteiger partial charge in [-0.05, 0) is 39.5 Å². The summed E-state index contributed by atoms with van der Waals surface area (Å²) in [6.45, 7) is 21.9. The summed E-state index contributed by atoms with van der Waals surface area (Å²) in [4.78, 5) is 12.1. The standard InChI is InChI=1S/C19H38O3/c1-11-15(20)18(7,8)19(9,10)21-13-12-17(5,6)22-14-16(2,3)4/h11-14H2,1-10H3. The Bertz CT molecular complexity index is 359. The zero-order valence-corrected chi connectivity index (χ0v) is 16.6. The van der Waals surface area contributed by atoms with Crippen molar-refractivity contribution in [1.82, 2.24) is 0 Å². The van der Waals surface area contributed by atoms with Crippen LogP contribution in [0.4, 0.5) is 0 Å². The molecule has 0 fully saturated rings. The summed E-state index contributed by atoms with van der Waals surface area (Å²) in [5.74, 6) is 0.237. The van der Waals surface area contributed by atoms with Gasteiger partial charge in [0.25, 0.3) is 0 Å². The van der Waals surface area contributed by atoms with Gasteiger partial charge in [0.1, 0.15) is 5.78 Å². The van der Waals surface area contributed by atoms with E-state index in [1.54, 1.807) is 0 Å². The van der Waals surface area contributed by atoms with E-state index in [0.29, 0.717) is 13.0 Å². The minimum atomic E-state index is -0.488. The van der Waals surface area contributed by atoms with Crippen molar-refractivity contribution in [1.29, 1.82) is 0 Å². The number of hydrogen-bond acceptors (Lipinski definition) is 3. The molecule has 0 aromatic heterocycles. The molecule has 132 valence electrons. The van der Waals surface area contributed by atoms with Gasteiger partial charge in [-0.25, -0.2) is 0 Å². The summed E-state index contributed by atoms with van der Waals surface area (Å²) < 4.78 is 12.1. The van der Waals surface area contributed by atoms with Gasteiger partial charge in [-0.15, -0.1) is 0 Å². The second-order valence-corrected chi connectivity index (χ2v) is 9.12. The molecule has 0 aliphatic rings. The zero-order chi connectivity index (χ0) is 17.8. The lowest BCUT2D eigenvalue weighted by Crippen LogP contribution is -2.47. The molecule has 3 heteroatoms. The molecule has 0 atom stereocenters. The van der Waals surface area contributed by atoms with E-state index in [4.69, 9.17) is 9.47 Å². The van der Waals surface area contributed by atoms with Gasteiger partial charge in [0.05, 0.1) is 29.8 Å². The average molecular weight is 315 g/mol. The van der Waals surface area contributed by atoms with E-state index in [1.165, 1.54) is 0 Å². The van der Waals surface area contributed by atoms with Crippen LogP contribution in [0.1, 0.15) is 82.1 Å². The highest BCUT2D eigenvalue weighted by molar-refractivity contribution is 5.85. The molecule has 3 nitrogen and oxygen atoms in total. The molecule has 22 heavy (non-hydrogen) atoms. The van der Waals surface area contributed by atoms with E-state index in [9.17, 15) is 4.79 Å². The minimum Gasteiger partial charge on any atom is -0.375 e. The quantitative estimate of drug-likeness (QED) is 0.599. The SMILES string of the molecule is CCC(=O)C(C)(C)C(C)(C)OCCC(C)(C)OCC(C)(C)C. The Hall–Kier alpha value is -0.410. The molecule has 0 N–H and O–H groups in total. The average Bonchev–Trinajstić information content (AvgIpc) is 2.34. The monoisotopic (exact) mass is 314 g/mol. The Labute approximate surface area is 138 Å². The maximum Gasteiger partial charge on any atom is 0.141 e. The van der Waals surface area contributed by atoms with Gasteiger partial charge in [0.2, 0.25) is 0 Å². The third-order valence-electron chi connectivity index (χ3n) is 4.59. The third-order valence-corrected chi connectivity index (χ3v) is 4.59. The number of carbonyl (C=O) groups is 1. The fourth-order valence-electron chi connectivity index (χ4n) is 1.99. The Morgan fingerprint density at radius 1 is 0.864 bits per heavy atom.